The summed E-state index contributed by atoms with van der Waals surface area (Å²) in [5.74, 6) is 0.175. The molecule has 5 nitrogen and oxygen atoms in total. The van der Waals surface area contributed by atoms with Gasteiger partial charge in [-0.25, -0.2) is 0 Å². The van der Waals surface area contributed by atoms with Crippen molar-refractivity contribution in [2.45, 2.75) is 38.8 Å². The molecular weight excluding hydrogens is 240 g/mol. The van der Waals surface area contributed by atoms with Gasteiger partial charge in [0, 0.05) is 45.3 Å². The molecule has 5 heteroatoms. The highest BCUT2D eigenvalue weighted by Crippen LogP contribution is 2.25. The van der Waals surface area contributed by atoms with Crippen LogP contribution in [0.2, 0.25) is 0 Å². The quantitative estimate of drug-likeness (QED) is 0.676. The Morgan fingerprint density at radius 1 is 1.42 bits per heavy atom. The Hall–Kier alpha value is -0.650. The molecule has 0 aromatic carbocycles. The summed E-state index contributed by atoms with van der Waals surface area (Å²) < 4.78 is 0. The third-order valence-corrected chi connectivity index (χ3v) is 4.25. The van der Waals surface area contributed by atoms with Crippen molar-refractivity contribution in [1.29, 1.82) is 0 Å². The number of rotatable bonds is 7. The van der Waals surface area contributed by atoms with Crippen molar-refractivity contribution in [2.24, 2.45) is 0 Å². The lowest BCUT2D eigenvalue weighted by Gasteiger charge is -2.32. The Bertz CT molecular complexity index is 287. The van der Waals surface area contributed by atoms with Crippen molar-refractivity contribution >= 4 is 5.91 Å². The summed E-state index contributed by atoms with van der Waals surface area (Å²) in [6.45, 7) is 11.0. The summed E-state index contributed by atoms with van der Waals surface area (Å²) in [5, 5.41) is 6.40. The van der Waals surface area contributed by atoms with Crippen LogP contribution < -0.4 is 10.6 Å². The molecule has 0 aromatic rings. The highest BCUT2D eigenvalue weighted by Gasteiger charge is 2.27. The molecule has 1 unspecified atom stereocenters. The van der Waals surface area contributed by atoms with E-state index in [4.69, 9.17) is 0 Å². The first-order valence-electron chi connectivity index (χ1n) is 7.69. The van der Waals surface area contributed by atoms with E-state index in [2.05, 4.69) is 27.4 Å². The molecule has 2 aliphatic rings. The molecule has 0 bridgehead atoms. The van der Waals surface area contributed by atoms with Gasteiger partial charge in [-0.3, -0.25) is 14.6 Å². The molecule has 1 saturated carbocycles. The smallest absolute Gasteiger partial charge is 0.237 e. The van der Waals surface area contributed by atoms with Crippen molar-refractivity contribution in [3.63, 3.8) is 0 Å². The Morgan fingerprint density at radius 2 is 2.11 bits per heavy atom. The van der Waals surface area contributed by atoms with Crippen LogP contribution >= 0.6 is 0 Å². The van der Waals surface area contributed by atoms with Crippen LogP contribution in [0.5, 0.6) is 0 Å². The molecule has 1 amide bonds. The number of carbonyl (C=O) groups is 1. The van der Waals surface area contributed by atoms with E-state index in [0.29, 0.717) is 0 Å². The molecular formula is C14H28N4O. The minimum Gasteiger partial charge on any atom is -0.353 e. The van der Waals surface area contributed by atoms with Gasteiger partial charge in [-0.1, -0.05) is 6.92 Å². The van der Waals surface area contributed by atoms with E-state index in [-0.39, 0.29) is 11.9 Å². The second-order valence-corrected chi connectivity index (χ2v) is 5.61. The van der Waals surface area contributed by atoms with Crippen LogP contribution in [0.1, 0.15) is 26.7 Å². The third kappa shape index (κ3) is 4.44. The molecule has 0 radical (unpaired) electrons. The normalized spacial score (nSPS) is 22.5. The zero-order chi connectivity index (χ0) is 13.7. The fourth-order valence-electron chi connectivity index (χ4n) is 2.74. The maximum atomic E-state index is 12.1. The van der Waals surface area contributed by atoms with Gasteiger partial charge >= 0.3 is 0 Å². The van der Waals surface area contributed by atoms with Gasteiger partial charge in [-0.2, -0.15) is 0 Å². The van der Waals surface area contributed by atoms with Gasteiger partial charge in [-0.05, 0) is 26.3 Å². The van der Waals surface area contributed by atoms with Crippen molar-refractivity contribution in [1.82, 2.24) is 20.4 Å². The summed E-state index contributed by atoms with van der Waals surface area (Å²) in [6.07, 6.45) is 2.66. The van der Waals surface area contributed by atoms with E-state index in [1.54, 1.807) is 0 Å². The maximum absolute atomic E-state index is 12.1. The fourth-order valence-corrected chi connectivity index (χ4v) is 2.74. The summed E-state index contributed by atoms with van der Waals surface area (Å²) >= 11 is 0. The molecule has 2 rings (SSSR count). The second-order valence-electron chi connectivity index (χ2n) is 5.61. The molecule has 1 aliphatic heterocycles. The number of hydrogen-bond acceptors (Lipinski definition) is 4. The second kappa shape index (κ2) is 7.22. The van der Waals surface area contributed by atoms with Crippen LogP contribution in [-0.2, 0) is 4.79 Å². The largest absolute Gasteiger partial charge is 0.353 e. The first-order valence-corrected chi connectivity index (χ1v) is 7.69. The molecule has 19 heavy (non-hydrogen) atoms. The number of nitrogens with one attached hydrogen (secondary N) is 2. The maximum Gasteiger partial charge on any atom is 0.237 e. The van der Waals surface area contributed by atoms with E-state index < -0.39 is 0 Å². The highest BCUT2D eigenvalue weighted by molar-refractivity contribution is 5.81. The standard InChI is InChI=1S/C14H28N4O/c1-3-17(13-4-5-13)11-8-16-14(19)12(2)18-9-6-15-7-10-18/h12-13,15H,3-11H2,1-2H3,(H,16,19). The number of carbonyl (C=O) groups excluding carboxylic acids is 1. The van der Waals surface area contributed by atoms with Crippen molar-refractivity contribution in [2.75, 3.05) is 45.8 Å². The predicted molar refractivity (Wildman–Crippen MR) is 77.2 cm³/mol. The van der Waals surface area contributed by atoms with Crippen molar-refractivity contribution in [3.05, 3.63) is 0 Å². The lowest BCUT2D eigenvalue weighted by atomic mass is 10.2. The van der Waals surface area contributed by atoms with Crippen LogP contribution in [0.25, 0.3) is 0 Å². The van der Waals surface area contributed by atoms with Gasteiger partial charge in [0.25, 0.3) is 0 Å². The number of hydrogen-bond donors (Lipinski definition) is 2. The van der Waals surface area contributed by atoms with Gasteiger partial charge < -0.3 is 10.6 Å². The van der Waals surface area contributed by atoms with E-state index >= 15 is 0 Å². The third-order valence-electron chi connectivity index (χ3n) is 4.25. The fraction of sp³-hybridized carbons (Fsp3) is 0.929. The molecule has 1 saturated heterocycles. The number of nitrogens with zero attached hydrogens (tertiary/aromatic N) is 2. The molecule has 1 heterocycles. The molecule has 0 aromatic heterocycles. The van der Waals surface area contributed by atoms with Gasteiger partial charge in [0.05, 0.1) is 6.04 Å². The molecule has 2 N–H and O–H groups in total. The average molecular weight is 268 g/mol. The lowest BCUT2D eigenvalue weighted by molar-refractivity contribution is -0.126. The Balaban J connectivity index is 1.65. The van der Waals surface area contributed by atoms with E-state index in [0.717, 1.165) is 51.9 Å². The summed E-state index contributed by atoms with van der Waals surface area (Å²) in [4.78, 5) is 16.8. The van der Waals surface area contributed by atoms with E-state index in [1.807, 2.05) is 6.92 Å². The number of amides is 1. The highest BCUT2D eigenvalue weighted by atomic mass is 16.2. The minimum absolute atomic E-state index is 0.00176. The van der Waals surface area contributed by atoms with Gasteiger partial charge in [0.2, 0.25) is 5.91 Å². The van der Waals surface area contributed by atoms with Gasteiger partial charge in [0.1, 0.15) is 0 Å². The molecule has 110 valence electrons. The zero-order valence-electron chi connectivity index (χ0n) is 12.3. The van der Waals surface area contributed by atoms with Crippen molar-refractivity contribution < 1.29 is 4.79 Å². The number of likely N-dealkylation sites (N-methyl/N-ethyl adjacent to an activating group) is 1. The van der Waals surface area contributed by atoms with Crippen LogP contribution in [-0.4, -0.2) is 73.6 Å². The van der Waals surface area contributed by atoms with Gasteiger partial charge in [0.15, 0.2) is 0 Å². The Labute approximate surface area is 116 Å². The average Bonchev–Trinajstić information content (AvgIpc) is 3.28. The van der Waals surface area contributed by atoms with E-state index in [1.165, 1.54) is 12.8 Å². The molecule has 0 spiro atoms. The molecule has 2 fully saturated rings. The minimum atomic E-state index is -0.00176. The van der Waals surface area contributed by atoms with Crippen LogP contribution in [0.4, 0.5) is 0 Å². The predicted octanol–water partition coefficient (Wildman–Crippen LogP) is -0.119. The first-order chi connectivity index (χ1) is 9.22. The van der Waals surface area contributed by atoms with Gasteiger partial charge in [-0.15, -0.1) is 0 Å². The van der Waals surface area contributed by atoms with Crippen LogP contribution in [0.15, 0.2) is 0 Å². The van der Waals surface area contributed by atoms with E-state index in [9.17, 15) is 4.79 Å². The topological polar surface area (TPSA) is 47.6 Å². The number of piperazine rings is 1. The summed E-state index contributed by atoms with van der Waals surface area (Å²) in [5.41, 5.74) is 0. The summed E-state index contributed by atoms with van der Waals surface area (Å²) in [7, 11) is 0. The van der Waals surface area contributed by atoms with Crippen LogP contribution in [0, 0.1) is 0 Å². The SMILES string of the molecule is CCN(CCNC(=O)C(C)N1CCNCC1)C1CC1. The Kier molecular flexibility index (Phi) is 5.60. The lowest BCUT2D eigenvalue weighted by Crippen LogP contribution is -2.53. The summed E-state index contributed by atoms with van der Waals surface area (Å²) in [6, 6.07) is 0.783. The van der Waals surface area contributed by atoms with Crippen molar-refractivity contribution in [3.8, 4) is 0 Å². The first kappa shape index (κ1) is 14.8. The molecule has 1 atom stereocenters. The molecule has 1 aliphatic carbocycles. The van der Waals surface area contributed by atoms with Crippen LogP contribution in [0.3, 0.4) is 0 Å². The zero-order valence-corrected chi connectivity index (χ0v) is 12.3. The Morgan fingerprint density at radius 3 is 2.68 bits per heavy atom. The monoisotopic (exact) mass is 268 g/mol.